The van der Waals surface area contributed by atoms with Crippen molar-refractivity contribution in [3.63, 3.8) is 0 Å². The first-order chi connectivity index (χ1) is 4.97. The average molecular weight is 136 g/mol. The fraction of sp³-hybridized carbons (Fsp3) is 0. The van der Waals surface area contributed by atoms with Gasteiger partial charge in [-0.3, -0.25) is 0 Å². The van der Waals surface area contributed by atoms with Crippen molar-refractivity contribution < 1.29 is 4.84 Å². The molecule has 1 N–H and O–H groups in total. The summed E-state index contributed by atoms with van der Waals surface area (Å²) in [7, 11) is 0. The second-order valence-corrected chi connectivity index (χ2v) is 1.75. The standard InChI is InChI=1S/C5H4N4O/c1-4-5(10-9-8-1)2-6-3-7-4/h1-3H,(H,6,7). The maximum absolute atomic E-state index is 4.76. The van der Waals surface area contributed by atoms with Crippen LogP contribution >= 0.6 is 0 Å². The molecule has 0 aliphatic carbocycles. The predicted octanol–water partition coefficient (Wildman–Crippen LogP) is 0.698. The van der Waals surface area contributed by atoms with Crippen molar-refractivity contribution in [1.29, 1.82) is 0 Å². The first-order valence-corrected chi connectivity index (χ1v) is 2.73. The third-order valence-corrected chi connectivity index (χ3v) is 1.12. The van der Waals surface area contributed by atoms with E-state index in [0.29, 0.717) is 5.76 Å². The van der Waals surface area contributed by atoms with Crippen LogP contribution in [0, 0.1) is 0 Å². The van der Waals surface area contributed by atoms with Gasteiger partial charge in [-0.25, -0.2) is 4.99 Å². The van der Waals surface area contributed by atoms with E-state index >= 15 is 0 Å². The minimum absolute atomic E-state index is 0.595. The van der Waals surface area contributed by atoms with Gasteiger partial charge in [-0.15, -0.1) is 5.11 Å². The Morgan fingerprint density at radius 3 is 3.30 bits per heavy atom. The van der Waals surface area contributed by atoms with Gasteiger partial charge in [-0.05, 0) is 0 Å². The van der Waals surface area contributed by atoms with Crippen molar-refractivity contribution in [2.75, 3.05) is 0 Å². The van der Waals surface area contributed by atoms with Gasteiger partial charge in [0.05, 0.1) is 18.7 Å². The molecule has 0 unspecified atom stereocenters. The van der Waals surface area contributed by atoms with Gasteiger partial charge in [0.15, 0.2) is 0 Å². The summed E-state index contributed by atoms with van der Waals surface area (Å²) in [4.78, 5) is 8.55. The number of fused-ring (bicyclic) bond motifs is 1. The lowest BCUT2D eigenvalue weighted by Crippen LogP contribution is -2.17. The van der Waals surface area contributed by atoms with E-state index < -0.39 is 0 Å². The van der Waals surface area contributed by atoms with Crippen LogP contribution in [0.2, 0.25) is 0 Å². The van der Waals surface area contributed by atoms with Crippen LogP contribution in [0.25, 0.3) is 0 Å². The molecule has 0 aromatic heterocycles. The van der Waals surface area contributed by atoms with Crippen LogP contribution in [-0.4, -0.2) is 6.34 Å². The summed E-state index contributed by atoms with van der Waals surface area (Å²) in [5.74, 6) is 0.595. The molecule has 0 amide bonds. The zero-order chi connectivity index (χ0) is 6.81. The second kappa shape index (κ2) is 1.94. The van der Waals surface area contributed by atoms with E-state index in [4.69, 9.17) is 4.84 Å². The number of hydrogen-bond acceptors (Lipinski definition) is 5. The van der Waals surface area contributed by atoms with Gasteiger partial charge in [0.2, 0.25) is 5.76 Å². The monoisotopic (exact) mass is 136 g/mol. The molecule has 0 spiro atoms. The van der Waals surface area contributed by atoms with Gasteiger partial charge in [0, 0.05) is 5.28 Å². The largest absolute Gasteiger partial charge is 0.342 e. The van der Waals surface area contributed by atoms with Crippen molar-refractivity contribution >= 4 is 6.34 Å². The summed E-state index contributed by atoms with van der Waals surface area (Å²) in [5, 5.41) is 9.71. The molecule has 5 nitrogen and oxygen atoms in total. The molecule has 0 saturated carbocycles. The highest BCUT2D eigenvalue weighted by Gasteiger charge is 2.11. The van der Waals surface area contributed by atoms with Crippen molar-refractivity contribution in [3.05, 3.63) is 23.9 Å². The van der Waals surface area contributed by atoms with Crippen molar-refractivity contribution in [2.45, 2.75) is 0 Å². The van der Waals surface area contributed by atoms with Crippen LogP contribution in [-0.2, 0) is 4.84 Å². The van der Waals surface area contributed by atoms with Crippen LogP contribution < -0.4 is 5.32 Å². The Morgan fingerprint density at radius 2 is 2.40 bits per heavy atom. The summed E-state index contributed by atoms with van der Waals surface area (Å²) >= 11 is 0. The van der Waals surface area contributed by atoms with Crippen LogP contribution in [0.15, 0.2) is 39.2 Å². The number of hydrogen-bond donors (Lipinski definition) is 1. The molecule has 0 aromatic rings. The topological polar surface area (TPSA) is 58.3 Å². The molecular weight excluding hydrogens is 132 g/mol. The highest BCUT2D eigenvalue weighted by atomic mass is 16.6. The zero-order valence-corrected chi connectivity index (χ0v) is 4.98. The molecule has 0 aromatic carbocycles. The lowest BCUT2D eigenvalue weighted by Gasteiger charge is -2.11. The van der Waals surface area contributed by atoms with E-state index in [1.54, 1.807) is 18.7 Å². The molecule has 0 bridgehead atoms. The highest BCUT2D eigenvalue weighted by molar-refractivity contribution is 5.62. The molecule has 2 aliphatic heterocycles. The average Bonchev–Trinajstić information content (AvgIpc) is 2.05. The molecule has 0 saturated heterocycles. The Balaban J connectivity index is 2.38. The number of nitrogens with one attached hydrogen (secondary N) is 1. The zero-order valence-electron chi connectivity index (χ0n) is 4.98. The third kappa shape index (κ3) is 0.680. The van der Waals surface area contributed by atoms with E-state index in [9.17, 15) is 0 Å². The minimum atomic E-state index is 0.595. The molecule has 0 radical (unpaired) electrons. The smallest absolute Gasteiger partial charge is 0.203 e. The SMILES string of the molecule is C1=NC=C2ON=NC=C2N1. The molecule has 0 fully saturated rings. The third-order valence-electron chi connectivity index (χ3n) is 1.12. The number of aliphatic imine (C=N–C) groups is 1. The van der Waals surface area contributed by atoms with E-state index in [2.05, 4.69) is 20.7 Å². The van der Waals surface area contributed by atoms with Gasteiger partial charge in [0.25, 0.3) is 0 Å². The minimum Gasteiger partial charge on any atom is -0.342 e. The van der Waals surface area contributed by atoms with Gasteiger partial charge >= 0.3 is 0 Å². The molecule has 5 heteroatoms. The summed E-state index contributed by atoms with van der Waals surface area (Å²) in [6.45, 7) is 0. The van der Waals surface area contributed by atoms with Gasteiger partial charge in [0.1, 0.15) is 5.70 Å². The molecule has 2 aliphatic rings. The van der Waals surface area contributed by atoms with E-state index in [1.165, 1.54) is 0 Å². The first-order valence-electron chi connectivity index (χ1n) is 2.73. The van der Waals surface area contributed by atoms with Gasteiger partial charge in [-0.1, -0.05) is 0 Å². The Hall–Kier alpha value is -1.65. The fourth-order valence-electron chi connectivity index (χ4n) is 0.675. The lowest BCUT2D eigenvalue weighted by molar-refractivity contribution is 0.200. The van der Waals surface area contributed by atoms with E-state index in [1.807, 2.05) is 0 Å². The molecule has 0 atom stereocenters. The van der Waals surface area contributed by atoms with Crippen molar-refractivity contribution in [2.24, 2.45) is 15.4 Å². The van der Waals surface area contributed by atoms with Gasteiger partial charge in [-0.2, -0.15) is 0 Å². The van der Waals surface area contributed by atoms with Crippen LogP contribution in [0.5, 0.6) is 0 Å². The predicted molar refractivity (Wildman–Crippen MR) is 33.7 cm³/mol. The molecule has 50 valence electrons. The first kappa shape index (κ1) is 5.16. The Kier molecular flexibility index (Phi) is 1.00. The summed E-state index contributed by atoms with van der Waals surface area (Å²) in [5.41, 5.74) is 0.782. The van der Waals surface area contributed by atoms with Crippen LogP contribution in [0.1, 0.15) is 0 Å². The summed E-state index contributed by atoms with van der Waals surface area (Å²) < 4.78 is 0. The highest BCUT2D eigenvalue weighted by Crippen LogP contribution is 2.15. The maximum Gasteiger partial charge on any atom is 0.203 e. The van der Waals surface area contributed by atoms with Crippen LogP contribution in [0.3, 0.4) is 0 Å². The quantitative estimate of drug-likeness (QED) is 0.532. The van der Waals surface area contributed by atoms with Crippen molar-refractivity contribution in [1.82, 2.24) is 5.32 Å². The number of rotatable bonds is 0. The Labute approximate surface area is 56.8 Å². The lowest BCUT2D eigenvalue weighted by atomic mass is 10.4. The Bertz CT molecular complexity index is 235. The molecule has 2 rings (SSSR count). The fourth-order valence-corrected chi connectivity index (χ4v) is 0.675. The van der Waals surface area contributed by atoms with Crippen LogP contribution in [0.4, 0.5) is 0 Å². The molecule has 10 heavy (non-hydrogen) atoms. The Morgan fingerprint density at radius 1 is 1.40 bits per heavy atom. The molecule has 2 heterocycles. The summed E-state index contributed by atoms with van der Waals surface area (Å²) in [6, 6.07) is 0. The van der Waals surface area contributed by atoms with E-state index in [0.717, 1.165) is 5.70 Å². The normalized spacial score (nSPS) is 20.0. The maximum atomic E-state index is 4.76. The van der Waals surface area contributed by atoms with Crippen molar-refractivity contribution in [3.8, 4) is 0 Å². The second-order valence-electron chi connectivity index (χ2n) is 1.75. The number of nitrogens with zero attached hydrogens (tertiary/aromatic N) is 3. The van der Waals surface area contributed by atoms with Gasteiger partial charge < -0.3 is 10.2 Å². The molecular formula is C5H4N4O. The summed E-state index contributed by atoms with van der Waals surface area (Å²) in [6.07, 6.45) is 4.70. The van der Waals surface area contributed by atoms with E-state index in [-0.39, 0.29) is 0 Å².